The number of hydrogen-bond donors (Lipinski definition) is 2. The summed E-state index contributed by atoms with van der Waals surface area (Å²) in [6.07, 6.45) is 0. The van der Waals surface area contributed by atoms with Gasteiger partial charge in [-0.3, -0.25) is 9.59 Å². The molecule has 1 fully saturated rings. The lowest BCUT2D eigenvalue weighted by atomic mass is 10.2. The lowest BCUT2D eigenvalue weighted by Crippen LogP contribution is -2.40. The molecule has 0 atom stereocenters. The van der Waals surface area contributed by atoms with Crippen molar-refractivity contribution in [2.24, 2.45) is 0 Å². The molecule has 0 bridgehead atoms. The molecule has 2 amide bonds. The van der Waals surface area contributed by atoms with E-state index in [9.17, 15) is 18.0 Å². The molecule has 3 rings (SSSR count). The summed E-state index contributed by atoms with van der Waals surface area (Å²) >= 11 is 6.13. The molecule has 2 aromatic carbocycles. The SMILES string of the molecule is CC(=O)Nc1ccc(C(=O)Nc2ccc(Cl)c(S(=O)(=O)N3CCOCC3)c2)cc1. The van der Waals surface area contributed by atoms with Gasteiger partial charge in [0.25, 0.3) is 5.91 Å². The van der Waals surface area contributed by atoms with E-state index in [1.54, 1.807) is 24.3 Å². The first-order chi connectivity index (χ1) is 13.8. The van der Waals surface area contributed by atoms with Gasteiger partial charge in [0.2, 0.25) is 15.9 Å². The van der Waals surface area contributed by atoms with Gasteiger partial charge in [-0.25, -0.2) is 8.42 Å². The Balaban J connectivity index is 1.79. The Labute approximate surface area is 173 Å². The van der Waals surface area contributed by atoms with Crippen LogP contribution in [0.3, 0.4) is 0 Å². The monoisotopic (exact) mass is 437 g/mol. The van der Waals surface area contributed by atoms with Crippen LogP contribution >= 0.6 is 11.6 Å². The molecule has 29 heavy (non-hydrogen) atoms. The van der Waals surface area contributed by atoms with Crippen molar-refractivity contribution in [3.63, 3.8) is 0 Å². The summed E-state index contributed by atoms with van der Waals surface area (Å²) in [5.74, 6) is -0.631. The molecule has 0 spiro atoms. The van der Waals surface area contributed by atoms with Crippen molar-refractivity contribution in [3.8, 4) is 0 Å². The van der Waals surface area contributed by atoms with E-state index in [4.69, 9.17) is 16.3 Å². The van der Waals surface area contributed by atoms with Crippen LogP contribution in [0.1, 0.15) is 17.3 Å². The number of hydrogen-bond acceptors (Lipinski definition) is 5. The quantitative estimate of drug-likeness (QED) is 0.748. The molecular weight excluding hydrogens is 418 g/mol. The molecule has 1 aliphatic heterocycles. The minimum Gasteiger partial charge on any atom is -0.379 e. The molecule has 2 N–H and O–H groups in total. The summed E-state index contributed by atoms with van der Waals surface area (Å²) in [5.41, 5.74) is 1.23. The maximum atomic E-state index is 12.9. The van der Waals surface area contributed by atoms with Crippen LogP contribution in [-0.2, 0) is 19.6 Å². The number of nitrogens with one attached hydrogen (secondary N) is 2. The summed E-state index contributed by atoms with van der Waals surface area (Å²) in [5, 5.41) is 5.36. The van der Waals surface area contributed by atoms with Gasteiger partial charge in [-0.1, -0.05) is 11.6 Å². The van der Waals surface area contributed by atoms with Gasteiger partial charge in [0.15, 0.2) is 0 Å². The molecule has 10 heteroatoms. The first-order valence-corrected chi connectivity index (χ1v) is 10.7. The highest BCUT2D eigenvalue weighted by atomic mass is 35.5. The average molecular weight is 438 g/mol. The highest BCUT2D eigenvalue weighted by Crippen LogP contribution is 2.28. The van der Waals surface area contributed by atoms with Gasteiger partial charge in [0, 0.05) is 37.0 Å². The number of rotatable bonds is 5. The predicted octanol–water partition coefficient (Wildman–Crippen LogP) is 2.57. The first-order valence-electron chi connectivity index (χ1n) is 8.84. The minimum atomic E-state index is -3.80. The Kier molecular flexibility index (Phi) is 6.53. The number of halogens is 1. The Hall–Kier alpha value is -2.46. The van der Waals surface area contributed by atoms with Crippen molar-refractivity contribution in [2.45, 2.75) is 11.8 Å². The molecule has 0 aliphatic carbocycles. The van der Waals surface area contributed by atoms with Gasteiger partial charge in [-0.15, -0.1) is 0 Å². The number of morpholine rings is 1. The second-order valence-electron chi connectivity index (χ2n) is 6.37. The van der Waals surface area contributed by atoms with Crippen molar-refractivity contribution in [1.82, 2.24) is 4.31 Å². The lowest BCUT2D eigenvalue weighted by Gasteiger charge is -2.26. The van der Waals surface area contributed by atoms with Crippen LogP contribution in [0.15, 0.2) is 47.4 Å². The normalized spacial score (nSPS) is 15.0. The zero-order valence-corrected chi connectivity index (χ0v) is 17.2. The fourth-order valence-electron chi connectivity index (χ4n) is 2.82. The molecule has 0 unspecified atom stereocenters. The van der Waals surface area contributed by atoms with Crippen molar-refractivity contribution < 1.29 is 22.7 Å². The van der Waals surface area contributed by atoms with E-state index in [1.165, 1.54) is 29.4 Å². The highest BCUT2D eigenvalue weighted by Gasteiger charge is 2.28. The summed E-state index contributed by atoms with van der Waals surface area (Å²) < 4.78 is 32.3. The van der Waals surface area contributed by atoms with Gasteiger partial charge in [0.1, 0.15) is 4.90 Å². The Morgan fingerprint density at radius 3 is 2.24 bits per heavy atom. The fraction of sp³-hybridized carbons (Fsp3) is 0.263. The Morgan fingerprint density at radius 2 is 1.62 bits per heavy atom. The molecule has 1 heterocycles. The molecule has 0 aromatic heterocycles. The molecule has 0 saturated carbocycles. The predicted molar refractivity (Wildman–Crippen MR) is 110 cm³/mol. The Morgan fingerprint density at radius 1 is 1.00 bits per heavy atom. The van der Waals surface area contributed by atoms with Gasteiger partial charge < -0.3 is 15.4 Å². The molecule has 1 aliphatic rings. The van der Waals surface area contributed by atoms with E-state index < -0.39 is 15.9 Å². The highest BCUT2D eigenvalue weighted by molar-refractivity contribution is 7.89. The minimum absolute atomic E-state index is 0.0696. The molecule has 154 valence electrons. The molecule has 0 radical (unpaired) electrons. The molecule has 1 saturated heterocycles. The number of carbonyl (C=O) groups excluding carboxylic acids is 2. The number of sulfonamides is 1. The van der Waals surface area contributed by atoms with Crippen LogP contribution in [0.2, 0.25) is 5.02 Å². The van der Waals surface area contributed by atoms with Gasteiger partial charge in [-0.05, 0) is 42.5 Å². The summed E-state index contributed by atoms with van der Waals surface area (Å²) in [6, 6.07) is 10.6. The third-order valence-electron chi connectivity index (χ3n) is 4.24. The maximum Gasteiger partial charge on any atom is 0.255 e. The summed E-state index contributed by atoms with van der Waals surface area (Å²) in [7, 11) is -3.80. The number of anilines is 2. The molecule has 2 aromatic rings. The van der Waals surface area contributed by atoms with Gasteiger partial charge >= 0.3 is 0 Å². The van der Waals surface area contributed by atoms with E-state index in [1.807, 2.05) is 0 Å². The third kappa shape index (κ3) is 5.13. The van der Waals surface area contributed by atoms with E-state index in [0.29, 0.717) is 30.2 Å². The van der Waals surface area contributed by atoms with Crippen LogP contribution in [0, 0.1) is 0 Å². The van der Waals surface area contributed by atoms with Gasteiger partial charge in [0.05, 0.1) is 18.2 Å². The van der Waals surface area contributed by atoms with E-state index >= 15 is 0 Å². The topological polar surface area (TPSA) is 105 Å². The third-order valence-corrected chi connectivity index (χ3v) is 6.62. The average Bonchev–Trinajstić information content (AvgIpc) is 2.70. The number of carbonyl (C=O) groups is 2. The number of ether oxygens (including phenoxy) is 1. The Bertz CT molecular complexity index is 1020. The van der Waals surface area contributed by atoms with Gasteiger partial charge in [-0.2, -0.15) is 4.31 Å². The largest absolute Gasteiger partial charge is 0.379 e. The van der Waals surface area contributed by atoms with Crippen LogP contribution in [0.25, 0.3) is 0 Å². The van der Waals surface area contributed by atoms with Crippen LogP contribution in [0.5, 0.6) is 0 Å². The standard InChI is InChI=1S/C19H20ClN3O5S/c1-13(24)21-15-4-2-14(3-5-15)19(25)22-16-6-7-17(20)18(12-16)29(26,27)23-8-10-28-11-9-23/h2-7,12H,8-11H2,1H3,(H,21,24)(H,22,25). The second-order valence-corrected chi connectivity index (χ2v) is 8.69. The number of nitrogens with zero attached hydrogens (tertiary/aromatic N) is 1. The number of benzene rings is 2. The second kappa shape index (κ2) is 8.91. The van der Waals surface area contributed by atoms with Crippen molar-refractivity contribution in [3.05, 3.63) is 53.1 Å². The van der Waals surface area contributed by atoms with Crippen LogP contribution in [0.4, 0.5) is 11.4 Å². The maximum absolute atomic E-state index is 12.9. The summed E-state index contributed by atoms with van der Waals surface area (Å²) in [6.45, 7) is 2.53. The van der Waals surface area contributed by atoms with E-state index in [-0.39, 0.29) is 28.9 Å². The van der Waals surface area contributed by atoms with E-state index in [2.05, 4.69) is 10.6 Å². The smallest absolute Gasteiger partial charge is 0.255 e. The lowest BCUT2D eigenvalue weighted by molar-refractivity contribution is -0.114. The van der Waals surface area contributed by atoms with Crippen molar-refractivity contribution >= 4 is 44.8 Å². The molecular formula is C19H20ClN3O5S. The molecule has 8 nitrogen and oxygen atoms in total. The zero-order valence-electron chi connectivity index (χ0n) is 15.6. The zero-order chi connectivity index (χ0) is 21.0. The van der Waals surface area contributed by atoms with Crippen molar-refractivity contribution in [1.29, 1.82) is 0 Å². The number of amides is 2. The summed E-state index contributed by atoms with van der Waals surface area (Å²) in [4.78, 5) is 23.5. The van der Waals surface area contributed by atoms with E-state index in [0.717, 1.165) is 0 Å². The fourth-order valence-corrected chi connectivity index (χ4v) is 4.72. The van der Waals surface area contributed by atoms with Crippen LogP contribution in [-0.4, -0.2) is 50.8 Å². The van der Waals surface area contributed by atoms with Crippen molar-refractivity contribution in [2.75, 3.05) is 36.9 Å². The first kappa shape index (κ1) is 21.3. The van der Waals surface area contributed by atoms with Crippen LogP contribution < -0.4 is 10.6 Å².